The second-order valence-corrected chi connectivity index (χ2v) is 2.65. The van der Waals surface area contributed by atoms with E-state index in [0.717, 1.165) is 0 Å². The van der Waals surface area contributed by atoms with Gasteiger partial charge in [0.2, 0.25) is 0 Å². The average Bonchev–Trinajstić information content (AvgIpc) is 0.918. The second kappa shape index (κ2) is 8.91. The summed E-state index contributed by atoms with van der Waals surface area (Å²) in [5, 5.41) is 0. The first-order chi connectivity index (χ1) is 1.41. The van der Waals surface area contributed by atoms with Crippen molar-refractivity contribution in [1.29, 1.82) is 0 Å². The predicted molar refractivity (Wildman–Crippen MR) is 20.2 cm³/mol. The number of halogens is 2. The van der Waals surface area contributed by atoms with Crippen molar-refractivity contribution in [3.05, 3.63) is 0 Å². The van der Waals surface area contributed by atoms with Crippen LogP contribution < -0.4 is 0 Å². The van der Waals surface area contributed by atoms with Gasteiger partial charge in [0.25, 0.3) is 0 Å². The van der Waals surface area contributed by atoms with Gasteiger partial charge in [-0.1, -0.05) is 0 Å². The largest absolute Gasteiger partial charge is 0.316 e. The second-order valence-electron chi connectivity index (χ2n) is 0.0714. The Morgan fingerprint density at radius 3 is 1.25 bits per heavy atom. The molecule has 22 valence electrons. The quantitative estimate of drug-likeness (QED) is 0.434. The molecule has 0 aromatic heterocycles. The number of rotatable bonds is 0. The fourth-order valence-corrected chi connectivity index (χ4v) is 0. The zero-order valence-electron chi connectivity index (χ0n) is 1.26. The third-order valence-corrected chi connectivity index (χ3v) is 0. The minimum absolute atomic E-state index is 0. The van der Waals surface area contributed by atoms with Crippen LogP contribution in [0.5, 0.6) is 0 Å². The molecule has 4 heavy (non-hydrogen) atoms. The third-order valence-electron chi connectivity index (χ3n) is 0. The van der Waals surface area contributed by atoms with Crippen molar-refractivity contribution in [2.75, 3.05) is 0 Å². The molecule has 0 bridgehead atoms. The van der Waals surface area contributed by atoms with Gasteiger partial charge >= 0.3 is 58.7 Å². The number of hydrogen-bond donors (Lipinski definition) is 0. The molecule has 0 aromatic rings. The van der Waals surface area contributed by atoms with Crippen LogP contribution >= 0.6 is 18.6 Å². The fraction of sp³-hybridized carbons (Fsp3) is 0. The molecular weight excluding hydrogens is 143 g/mol. The zero-order chi connectivity index (χ0) is 2.71. The molecule has 0 aliphatic carbocycles. The van der Waals surface area contributed by atoms with E-state index in [9.17, 15) is 0 Å². The molecule has 0 atom stereocenters. The van der Waals surface area contributed by atoms with Crippen LogP contribution in [0.25, 0.3) is 0 Å². The molecule has 0 aliphatic heterocycles. The first-order valence-corrected chi connectivity index (χ1v) is 4.68. The smallest absolute Gasteiger partial charge is 0.316 e. The fourth-order valence-electron chi connectivity index (χ4n) is 0. The Kier molecular flexibility index (Phi) is 21.0. The van der Waals surface area contributed by atoms with Crippen molar-refractivity contribution >= 4 is 41.7 Å². The average molecular weight is 145 g/mol. The van der Waals surface area contributed by atoms with E-state index in [-0.39, 0.29) is 23.1 Å². The summed E-state index contributed by atoms with van der Waals surface area (Å²) in [6, 6.07) is 0. The van der Waals surface area contributed by atoms with Gasteiger partial charge in [0.05, 0.1) is 0 Å². The summed E-state index contributed by atoms with van der Waals surface area (Å²) in [4.78, 5) is 0. The van der Waals surface area contributed by atoms with E-state index in [1.165, 1.54) is 0 Å². The Bertz CT molecular complexity index is 6.00. The van der Waals surface area contributed by atoms with Gasteiger partial charge < -0.3 is 0 Å². The molecule has 0 aromatic carbocycles. The van der Waals surface area contributed by atoms with Crippen LogP contribution in [0.4, 0.5) is 0 Å². The molecule has 0 saturated heterocycles. The molecule has 0 nitrogen and oxygen atoms in total. The molecular formula is H2Cl2MgTi. The monoisotopic (exact) mass is 144 g/mol. The Labute approximate surface area is 58.1 Å². The van der Waals surface area contributed by atoms with Gasteiger partial charge in [-0.2, -0.15) is 0 Å². The Morgan fingerprint density at radius 2 is 1.25 bits per heavy atom. The van der Waals surface area contributed by atoms with Crippen LogP contribution in [-0.4, -0.2) is 23.1 Å². The normalized spacial score (nSPS) is 3.50. The van der Waals surface area contributed by atoms with E-state index in [4.69, 9.17) is 18.6 Å². The van der Waals surface area contributed by atoms with E-state index in [2.05, 4.69) is 0 Å². The maximum absolute atomic E-state index is 4.89. The van der Waals surface area contributed by atoms with Crippen LogP contribution in [-0.2, 0) is 17.0 Å². The van der Waals surface area contributed by atoms with Crippen LogP contribution in [0.2, 0.25) is 0 Å². The summed E-state index contributed by atoms with van der Waals surface area (Å²) in [6.45, 7) is 0. The van der Waals surface area contributed by atoms with E-state index in [0.29, 0.717) is 0 Å². The van der Waals surface area contributed by atoms with Crippen LogP contribution in [0.1, 0.15) is 0 Å². The van der Waals surface area contributed by atoms with Crippen molar-refractivity contribution in [1.82, 2.24) is 0 Å². The third kappa shape index (κ3) is 8.96. The van der Waals surface area contributed by atoms with Crippen molar-refractivity contribution in [3.8, 4) is 0 Å². The molecule has 4 heteroatoms. The van der Waals surface area contributed by atoms with Gasteiger partial charge in [0.1, 0.15) is 0 Å². The topological polar surface area (TPSA) is 0 Å². The van der Waals surface area contributed by atoms with Crippen LogP contribution in [0.3, 0.4) is 0 Å². The van der Waals surface area contributed by atoms with Crippen molar-refractivity contribution < 1.29 is 17.0 Å². The summed E-state index contributed by atoms with van der Waals surface area (Å²) in [6.07, 6.45) is 0. The van der Waals surface area contributed by atoms with E-state index in [1.807, 2.05) is 0 Å². The molecule has 0 aliphatic rings. The minimum Gasteiger partial charge on any atom is 0.316 e. The Hall–Kier alpha value is 2.06. The van der Waals surface area contributed by atoms with Gasteiger partial charge in [0, 0.05) is 0 Å². The van der Waals surface area contributed by atoms with Gasteiger partial charge in [-0.05, 0) is 0 Å². The molecule has 0 unspecified atom stereocenters. The standard InChI is InChI=1S/2ClH.Mg.Ti.2H/h2*1H;;;;/q;;;+2;;/p-2. The zero-order valence-corrected chi connectivity index (χ0v) is 4.33. The molecule has 0 radical (unpaired) electrons. The van der Waals surface area contributed by atoms with Gasteiger partial charge in [-0.15, -0.1) is 0 Å². The summed E-state index contributed by atoms with van der Waals surface area (Å²) in [7, 11) is 9.78. The predicted octanol–water partition coefficient (Wildman–Crippen LogP) is 0.460. The van der Waals surface area contributed by atoms with Crippen molar-refractivity contribution in [3.63, 3.8) is 0 Å². The molecule has 0 fully saturated rings. The van der Waals surface area contributed by atoms with Gasteiger partial charge in [-0.25, -0.2) is 0 Å². The molecule has 0 amide bonds. The van der Waals surface area contributed by atoms with Crippen molar-refractivity contribution in [2.45, 2.75) is 0 Å². The summed E-state index contributed by atoms with van der Waals surface area (Å²) >= 11 is -0.556. The molecule has 0 N–H and O–H groups in total. The van der Waals surface area contributed by atoms with Crippen molar-refractivity contribution in [2.24, 2.45) is 0 Å². The van der Waals surface area contributed by atoms with Crippen LogP contribution in [0, 0.1) is 0 Å². The first-order valence-electron chi connectivity index (χ1n) is 0.378. The maximum atomic E-state index is 4.89. The summed E-state index contributed by atoms with van der Waals surface area (Å²) < 4.78 is 0. The summed E-state index contributed by atoms with van der Waals surface area (Å²) in [5.74, 6) is 0. The molecule has 0 spiro atoms. The van der Waals surface area contributed by atoms with E-state index >= 15 is 0 Å². The van der Waals surface area contributed by atoms with Gasteiger partial charge in [0.15, 0.2) is 0 Å². The molecule has 0 rings (SSSR count). The maximum Gasteiger partial charge on any atom is 0.316 e. The van der Waals surface area contributed by atoms with Crippen LogP contribution in [0.15, 0.2) is 0 Å². The first kappa shape index (κ1) is 9.41. The molecule has 0 saturated carbocycles. The minimum atomic E-state index is -0.556. The summed E-state index contributed by atoms with van der Waals surface area (Å²) in [5.41, 5.74) is 0. The van der Waals surface area contributed by atoms with Gasteiger partial charge in [-0.3, -0.25) is 0 Å². The Morgan fingerprint density at radius 1 is 1.25 bits per heavy atom. The van der Waals surface area contributed by atoms with E-state index < -0.39 is 17.0 Å². The molecule has 0 heterocycles. The number of hydrogen-bond acceptors (Lipinski definition) is 0. The SMILES string of the molecule is [Cl][Ti][Cl].[MgH2]. The Balaban J connectivity index is 0. The van der Waals surface area contributed by atoms with E-state index in [1.54, 1.807) is 0 Å².